The van der Waals surface area contributed by atoms with E-state index >= 15 is 0 Å². The SMILES string of the molecule is COc1cccc(C(=O)NCC(=O)N/N=C/c2cc(Br)ccc2OC(=O)/C=C/c2ccco2)c1. The molecule has 3 aromatic rings. The van der Waals surface area contributed by atoms with E-state index < -0.39 is 17.8 Å². The van der Waals surface area contributed by atoms with Gasteiger partial charge in [-0.3, -0.25) is 9.59 Å². The van der Waals surface area contributed by atoms with Gasteiger partial charge in [0.2, 0.25) is 0 Å². The number of carbonyl (C=O) groups excluding carboxylic acids is 3. The number of benzene rings is 2. The van der Waals surface area contributed by atoms with Crippen LogP contribution in [-0.4, -0.2) is 37.7 Å². The Morgan fingerprint density at radius 3 is 2.74 bits per heavy atom. The lowest BCUT2D eigenvalue weighted by Crippen LogP contribution is -2.34. The fourth-order valence-electron chi connectivity index (χ4n) is 2.63. The van der Waals surface area contributed by atoms with Gasteiger partial charge in [-0.1, -0.05) is 22.0 Å². The van der Waals surface area contributed by atoms with Crippen molar-refractivity contribution in [3.05, 3.63) is 88.3 Å². The quantitative estimate of drug-likeness (QED) is 0.145. The van der Waals surface area contributed by atoms with Crippen molar-refractivity contribution in [3.63, 3.8) is 0 Å². The van der Waals surface area contributed by atoms with Gasteiger partial charge in [-0.15, -0.1) is 0 Å². The lowest BCUT2D eigenvalue weighted by atomic mass is 10.2. The highest BCUT2D eigenvalue weighted by atomic mass is 79.9. The number of hydrogen-bond acceptors (Lipinski definition) is 7. The van der Waals surface area contributed by atoms with Gasteiger partial charge in [-0.2, -0.15) is 5.10 Å². The molecule has 2 N–H and O–H groups in total. The summed E-state index contributed by atoms with van der Waals surface area (Å²) in [5, 5.41) is 6.37. The van der Waals surface area contributed by atoms with Crippen LogP contribution in [0.1, 0.15) is 21.7 Å². The van der Waals surface area contributed by atoms with Crippen molar-refractivity contribution in [2.75, 3.05) is 13.7 Å². The van der Waals surface area contributed by atoms with E-state index in [0.29, 0.717) is 22.6 Å². The number of amides is 2. The highest BCUT2D eigenvalue weighted by Crippen LogP contribution is 2.22. The van der Waals surface area contributed by atoms with E-state index in [1.807, 2.05) is 0 Å². The van der Waals surface area contributed by atoms with Gasteiger partial charge < -0.3 is 19.2 Å². The van der Waals surface area contributed by atoms with Crippen molar-refractivity contribution >= 4 is 46.0 Å². The third-order valence-electron chi connectivity index (χ3n) is 4.24. The molecule has 3 rings (SSSR count). The molecule has 10 heteroatoms. The minimum Gasteiger partial charge on any atom is -0.497 e. The molecule has 2 aromatic carbocycles. The molecule has 0 aliphatic carbocycles. The minimum absolute atomic E-state index is 0.238. The third kappa shape index (κ3) is 7.45. The van der Waals surface area contributed by atoms with Crippen LogP contribution in [0.25, 0.3) is 6.08 Å². The Hall–Kier alpha value is -4.18. The highest BCUT2D eigenvalue weighted by molar-refractivity contribution is 9.10. The predicted octanol–water partition coefficient (Wildman–Crippen LogP) is 3.55. The third-order valence-corrected chi connectivity index (χ3v) is 4.74. The summed E-state index contributed by atoms with van der Waals surface area (Å²) in [6, 6.07) is 14.9. The lowest BCUT2D eigenvalue weighted by Gasteiger charge is -2.07. The number of esters is 1. The molecule has 2 amide bonds. The molecule has 0 saturated carbocycles. The Morgan fingerprint density at radius 1 is 1.12 bits per heavy atom. The van der Waals surface area contributed by atoms with Crippen molar-refractivity contribution < 1.29 is 28.3 Å². The number of hydrogen-bond donors (Lipinski definition) is 2. The van der Waals surface area contributed by atoms with E-state index in [0.717, 1.165) is 4.47 Å². The van der Waals surface area contributed by atoms with Gasteiger partial charge in [0.1, 0.15) is 17.3 Å². The Bertz CT molecular complexity index is 1220. The molecule has 0 unspecified atom stereocenters. The second kappa shape index (κ2) is 12.2. The predicted molar refractivity (Wildman–Crippen MR) is 129 cm³/mol. The summed E-state index contributed by atoms with van der Waals surface area (Å²) in [4.78, 5) is 36.3. The summed E-state index contributed by atoms with van der Waals surface area (Å²) in [6.07, 6.45) is 5.53. The normalized spacial score (nSPS) is 10.9. The first-order valence-electron chi connectivity index (χ1n) is 9.91. The maximum atomic E-state index is 12.2. The first-order valence-corrected chi connectivity index (χ1v) is 10.7. The molecule has 0 aliphatic rings. The monoisotopic (exact) mass is 525 g/mol. The zero-order valence-electron chi connectivity index (χ0n) is 18.0. The highest BCUT2D eigenvalue weighted by Gasteiger charge is 2.10. The van der Waals surface area contributed by atoms with Gasteiger partial charge in [0, 0.05) is 21.7 Å². The molecular formula is C24H20BrN3O6. The minimum atomic E-state index is -0.613. The number of methoxy groups -OCH3 is 1. The van der Waals surface area contributed by atoms with Crippen LogP contribution in [0.5, 0.6) is 11.5 Å². The summed E-state index contributed by atoms with van der Waals surface area (Å²) in [5.74, 6) is -0.303. The van der Waals surface area contributed by atoms with Crippen LogP contribution in [0.2, 0.25) is 0 Å². The van der Waals surface area contributed by atoms with Crippen LogP contribution in [-0.2, 0) is 9.59 Å². The number of carbonyl (C=O) groups is 3. The van der Waals surface area contributed by atoms with Crippen LogP contribution in [0.3, 0.4) is 0 Å². The molecule has 0 saturated heterocycles. The van der Waals surface area contributed by atoms with Crippen LogP contribution >= 0.6 is 15.9 Å². The molecule has 0 aliphatic heterocycles. The molecule has 1 aromatic heterocycles. The van der Waals surface area contributed by atoms with E-state index in [-0.39, 0.29) is 12.3 Å². The molecule has 0 radical (unpaired) electrons. The Labute approximate surface area is 203 Å². The van der Waals surface area contributed by atoms with E-state index in [2.05, 4.69) is 31.8 Å². The molecule has 1 heterocycles. The van der Waals surface area contributed by atoms with E-state index in [1.165, 1.54) is 31.7 Å². The lowest BCUT2D eigenvalue weighted by molar-refractivity contribution is -0.129. The van der Waals surface area contributed by atoms with Crippen molar-refractivity contribution in [1.82, 2.24) is 10.7 Å². The number of halogens is 1. The van der Waals surface area contributed by atoms with Gasteiger partial charge in [-0.05, 0) is 54.6 Å². The van der Waals surface area contributed by atoms with Gasteiger partial charge in [0.25, 0.3) is 11.8 Å². The first-order chi connectivity index (χ1) is 16.4. The summed E-state index contributed by atoms with van der Waals surface area (Å²) in [7, 11) is 1.50. The van der Waals surface area contributed by atoms with E-state index in [9.17, 15) is 14.4 Å². The number of rotatable bonds is 9. The fourth-order valence-corrected chi connectivity index (χ4v) is 3.01. The zero-order chi connectivity index (χ0) is 24.3. The molecule has 0 atom stereocenters. The fraction of sp³-hybridized carbons (Fsp3) is 0.0833. The van der Waals surface area contributed by atoms with E-state index in [1.54, 1.807) is 54.6 Å². The molecule has 34 heavy (non-hydrogen) atoms. The second-order valence-corrected chi connectivity index (χ2v) is 7.58. The smallest absolute Gasteiger partial charge is 0.336 e. The van der Waals surface area contributed by atoms with Crippen molar-refractivity contribution in [2.24, 2.45) is 5.10 Å². The summed E-state index contributed by atoms with van der Waals surface area (Å²) < 4.78 is 16.3. The van der Waals surface area contributed by atoms with Crippen molar-refractivity contribution in [2.45, 2.75) is 0 Å². The molecule has 0 bridgehead atoms. The molecule has 9 nitrogen and oxygen atoms in total. The summed E-state index contributed by atoms with van der Waals surface area (Å²) >= 11 is 3.34. The van der Waals surface area contributed by atoms with Gasteiger partial charge in [-0.25, -0.2) is 10.2 Å². The molecular weight excluding hydrogens is 506 g/mol. The first kappa shape index (κ1) is 24.5. The van der Waals surface area contributed by atoms with Gasteiger partial charge >= 0.3 is 5.97 Å². The van der Waals surface area contributed by atoms with Crippen molar-refractivity contribution in [1.29, 1.82) is 0 Å². The summed E-state index contributed by atoms with van der Waals surface area (Å²) in [5.41, 5.74) is 3.11. The van der Waals surface area contributed by atoms with Crippen molar-refractivity contribution in [3.8, 4) is 11.5 Å². The topological polar surface area (TPSA) is 119 Å². The number of ether oxygens (including phenoxy) is 2. The average Bonchev–Trinajstić information content (AvgIpc) is 3.36. The Morgan fingerprint density at radius 2 is 1.97 bits per heavy atom. The Balaban J connectivity index is 1.55. The Kier molecular flexibility index (Phi) is 8.75. The van der Waals surface area contributed by atoms with Crippen LogP contribution in [0.15, 0.2) is 80.9 Å². The van der Waals surface area contributed by atoms with Crippen LogP contribution in [0.4, 0.5) is 0 Å². The molecule has 174 valence electrons. The number of furan rings is 1. The maximum absolute atomic E-state index is 12.2. The molecule has 0 spiro atoms. The van der Waals surface area contributed by atoms with Crippen LogP contribution < -0.4 is 20.2 Å². The summed E-state index contributed by atoms with van der Waals surface area (Å²) in [6.45, 7) is -0.286. The molecule has 0 fully saturated rings. The van der Waals surface area contributed by atoms with Gasteiger partial charge in [0.15, 0.2) is 0 Å². The zero-order valence-corrected chi connectivity index (χ0v) is 19.6. The number of nitrogens with zero attached hydrogens (tertiary/aromatic N) is 1. The standard InChI is InChI=1S/C24H20BrN3O6/c1-32-20-5-2-4-16(13-20)24(31)26-15-22(29)28-27-14-17-12-18(25)7-9-21(17)34-23(30)10-8-19-6-3-11-33-19/h2-14H,15H2,1H3,(H,26,31)(H,28,29)/b10-8+,27-14+. The average molecular weight is 526 g/mol. The maximum Gasteiger partial charge on any atom is 0.336 e. The van der Waals surface area contributed by atoms with Crippen LogP contribution in [0, 0.1) is 0 Å². The van der Waals surface area contributed by atoms with Gasteiger partial charge in [0.05, 0.1) is 26.1 Å². The largest absolute Gasteiger partial charge is 0.497 e. The van der Waals surface area contributed by atoms with E-state index in [4.69, 9.17) is 13.9 Å². The second-order valence-electron chi connectivity index (χ2n) is 6.66. The number of hydrazone groups is 1. The number of nitrogens with one attached hydrogen (secondary N) is 2.